The van der Waals surface area contributed by atoms with E-state index in [1.165, 1.54) is 4.31 Å². The van der Waals surface area contributed by atoms with Gasteiger partial charge in [0.2, 0.25) is 28.6 Å². The van der Waals surface area contributed by atoms with E-state index in [-0.39, 0.29) is 43.9 Å². The van der Waals surface area contributed by atoms with Gasteiger partial charge in [0.15, 0.2) is 11.5 Å². The number of hydrogen-bond donors (Lipinski definition) is 1. The summed E-state index contributed by atoms with van der Waals surface area (Å²) in [5.74, 6) is 0.950. The summed E-state index contributed by atoms with van der Waals surface area (Å²) in [6, 6.07) is 13.9. The lowest BCUT2D eigenvalue weighted by atomic mass is 10.1. The number of carbonyl (C=O) groups excluding carboxylic acids is 2. The number of hydrogen-bond acceptors (Lipinski definition) is 6. The predicted molar refractivity (Wildman–Crippen MR) is 143 cm³/mol. The van der Waals surface area contributed by atoms with E-state index in [1.807, 2.05) is 51.1 Å². The summed E-state index contributed by atoms with van der Waals surface area (Å²) in [4.78, 5) is 28.1. The van der Waals surface area contributed by atoms with E-state index < -0.39 is 16.1 Å². The number of rotatable bonds is 13. The van der Waals surface area contributed by atoms with E-state index in [9.17, 15) is 18.0 Å². The molecule has 0 aromatic heterocycles. The van der Waals surface area contributed by atoms with Crippen molar-refractivity contribution in [3.8, 4) is 11.5 Å². The average molecular weight is 532 g/mol. The van der Waals surface area contributed by atoms with Crippen LogP contribution in [0.4, 0.5) is 5.69 Å². The molecule has 202 valence electrons. The average Bonchev–Trinajstić information content (AvgIpc) is 3.33. The third kappa shape index (κ3) is 7.85. The Balaban J connectivity index is 1.73. The molecule has 1 aliphatic heterocycles. The Morgan fingerprint density at radius 1 is 1.05 bits per heavy atom. The first-order valence-electron chi connectivity index (χ1n) is 12.6. The first-order chi connectivity index (χ1) is 17.6. The van der Waals surface area contributed by atoms with Crippen molar-refractivity contribution in [1.29, 1.82) is 0 Å². The molecule has 0 aliphatic carbocycles. The molecule has 37 heavy (non-hydrogen) atoms. The van der Waals surface area contributed by atoms with Crippen LogP contribution < -0.4 is 19.1 Å². The maximum absolute atomic E-state index is 13.5. The van der Waals surface area contributed by atoms with Crippen molar-refractivity contribution in [2.24, 2.45) is 5.92 Å². The summed E-state index contributed by atoms with van der Waals surface area (Å²) < 4.78 is 37.1. The van der Waals surface area contributed by atoms with Crippen molar-refractivity contribution in [2.75, 3.05) is 30.4 Å². The molecule has 0 fully saturated rings. The number of nitrogens with one attached hydrogen (secondary N) is 1. The van der Waals surface area contributed by atoms with Crippen LogP contribution in [0.1, 0.15) is 45.6 Å². The van der Waals surface area contributed by atoms with E-state index in [0.29, 0.717) is 36.7 Å². The standard InChI is InChI=1S/C27H37N3O6S/c1-5-23(27(32)28-17-20(2)3)29(18-21-10-7-6-8-11-21)26(31)12-9-15-30(37(4,33)34)22-13-14-24-25(16-22)36-19-35-24/h6-8,10-11,13-14,16,20,23H,5,9,12,15,17-19H2,1-4H3,(H,28,32)/t23-/m1/s1. The quantitative estimate of drug-likeness (QED) is 0.424. The van der Waals surface area contributed by atoms with E-state index in [1.54, 1.807) is 23.1 Å². The van der Waals surface area contributed by atoms with E-state index >= 15 is 0 Å². The summed E-state index contributed by atoms with van der Waals surface area (Å²) in [7, 11) is -3.60. The lowest BCUT2D eigenvalue weighted by Gasteiger charge is -2.31. The zero-order valence-corrected chi connectivity index (χ0v) is 22.8. The van der Waals surface area contributed by atoms with Crippen molar-refractivity contribution in [1.82, 2.24) is 10.2 Å². The van der Waals surface area contributed by atoms with Gasteiger partial charge >= 0.3 is 0 Å². The highest BCUT2D eigenvalue weighted by Crippen LogP contribution is 2.36. The number of anilines is 1. The Kier molecular flexibility index (Phi) is 9.79. The summed E-state index contributed by atoms with van der Waals surface area (Å²) in [6.07, 6.45) is 1.98. The Hall–Kier alpha value is -3.27. The monoisotopic (exact) mass is 531 g/mol. The second-order valence-electron chi connectivity index (χ2n) is 9.55. The summed E-state index contributed by atoms with van der Waals surface area (Å²) in [5, 5.41) is 2.95. The highest BCUT2D eigenvalue weighted by molar-refractivity contribution is 7.92. The Morgan fingerprint density at radius 3 is 2.41 bits per heavy atom. The summed E-state index contributed by atoms with van der Waals surface area (Å²) in [6.45, 7) is 6.94. The highest BCUT2D eigenvalue weighted by Gasteiger charge is 2.29. The van der Waals surface area contributed by atoms with Gasteiger partial charge in [-0.2, -0.15) is 0 Å². The van der Waals surface area contributed by atoms with Crippen molar-refractivity contribution in [2.45, 2.75) is 52.6 Å². The van der Waals surface area contributed by atoms with E-state index in [2.05, 4.69) is 5.32 Å². The van der Waals surface area contributed by atoms with Gasteiger partial charge in [-0.25, -0.2) is 8.42 Å². The van der Waals surface area contributed by atoms with Gasteiger partial charge in [0.1, 0.15) is 6.04 Å². The van der Waals surface area contributed by atoms with Gasteiger partial charge in [-0.1, -0.05) is 51.1 Å². The normalized spacial score (nSPS) is 13.3. The second-order valence-corrected chi connectivity index (χ2v) is 11.5. The SMILES string of the molecule is CC[C@H](C(=O)NCC(C)C)N(Cc1ccccc1)C(=O)CCCN(c1ccc2c(c1)OCO2)S(C)(=O)=O. The molecule has 0 unspecified atom stereocenters. The van der Waals surface area contributed by atoms with Gasteiger partial charge in [-0.15, -0.1) is 0 Å². The third-order valence-electron chi connectivity index (χ3n) is 6.06. The maximum atomic E-state index is 13.5. The van der Waals surface area contributed by atoms with Gasteiger partial charge in [0.05, 0.1) is 11.9 Å². The van der Waals surface area contributed by atoms with Crippen molar-refractivity contribution < 1.29 is 27.5 Å². The van der Waals surface area contributed by atoms with Crippen LogP contribution in [-0.2, 0) is 26.2 Å². The minimum absolute atomic E-state index is 0.0900. The number of fused-ring (bicyclic) bond motifs is 1. The zero-order chi connectivity index (χ0) is 27.0. The maximum Gasteiger partial charge on any atom is 0.242 e. The van der Waals surface area contributed by atoms with Crippen LogP contribution >= 0.6 is 0 Å². The molecule has 0 bridgehead atoms. The van der Waals surface area contributed by atoms with Crippen molar-refractivity contribution >= 4 is 27.5 Å². The fourth-order valence-corrected chi connectivity index (χ4v) is 5.12. The van der Waals surface area contributed by atoms with Gasteiger partial charge in [0.25, 0.3) is 0 Å². The number of amides is 2. The molecule has 0 saturated carbocycles. The molecule has 10 heteroatoms. The minimum atomic E-state index is -3.60. The molecule has 1 aliphatic rings. The Bertz CT molecular complexity index is 1170. The van der Waals surface area contributed by atoms with Crippen LogP contribution in [0.15, 0.2) is 48.5 Å². The molecule has 1 heterocycles. The smallest absolute Gasteiger partial charge is 0.242 e. The molecular formula is C27H37N3O6S. The van der Waals surface area contributed by atoms with E-state index in [4.69, 9.17) is 9.47 Å². The summed E-state index contributed by atoms with van der Waals surface area (Å²) >= 11 is 0. The number of ether oxygens (including phenoxy) is 2. The molecular weight excluding hydrogens is 494 g/mol. The fourth-order valence-electron chi connectivity index (χ4n) is 4.17. The van der Waals surface area contributed by atoms with Crippen LogP contribution in [-0.4, -0.2) is 57.3 Å². The summed E-state index contributed by atoms with van der Waals surface area (Å²) in [5.41, 5.74) is 1.36. The zero-order valence-electron chi connectivity index (χ0n) is 22.0. The highest BCUT2D eigenvalue weighted by atomic mass is 32.2. The second kappa shape index (κ2) is 12.8. The molecule has 9 nitrogen and oxygen atoms in total. The van der Waals surface area contributed by atoms with Crippen LogP contribution in [0.3, 0.4) is 0 Å². The fraction of sp³-hybridized carbons (Fsp3) is 0.481. The predicted octanol–water partition coefficient (Wildman–Crippen LogP) is 3.54. The molecule has 1 N–H and O–H groups in total. The largest absolute Gasteiger partial charge is 0.454 e. The first kappa shape index (κ1) is 28.3. The number of nitrogens with zero attached hydrogens (tertiary/aromatic N) is 2. The van der Waals surface area contributed by atoms with Gasteiger partial charge in [0, 0.05) is 32.1 Å². The molecule has 1 atom stereocenters. The van der Waals surface area contributed by atoms with Crippen LogP contribution in [0, 0.1) is 5.92 Å². The van der Waals surface area contributed by atoms with E-state index in [0.717, 1.165) is 11.8 Å². The molecule has 2 amide bonds. The van der Waals surface area contributed by atoms with Crippen LogP contribution in [0.25, 0.3) is 0 Å². The van der Waals surface area contributed by atoms with Gasteiger partial charge < -0.3 is 19.7 Å². The van der Waals surface area contributed by atoms with Gasteiger partial charge in [-0.05, 0) is 36.5 Å². The molecule has 0 radical (unpaired) electrons. The Labute approximate surface area is 219 Å². The Morgan fingerprint density at radius 2 is 1.76 bits per heavy atom. The van der Waals surface area contributed by atoms with Gasteiger partial charge in [-0.3, -0.25) is 13.9 Å². The molecule has 0 spiro atoms. The molecule has 0 saturated heterocycles. The first-order valence-corrected chi connectivity index (χ1v) is 14.4. The topological polar surface area (TPSA) is 105 Å². The van der Waals surface area contributed by atoms with Crippen LogP contribution in [0.5, 0.6) is 11.5 Å². The number of carbonyl (C=O) groups is 2. The lowest BCUT2D eigenvalue weighted by Crippen LogP contribution is -2.49. The minimum Gasteiger partial charge on any atom is -0.454 e. The lowest BCUT2D eigenvalue weighted by molar-refractivity contribution is -0.141. The number of benzene rings is 2. The van der Waals surface area contributed by atoms with Crippen molar-refractivity contribution in [3.05, 3.63) is 54.1 Å². The molecule has 2 aromatic carbocycles. The third-order valence-corrected chi connectivity index (χ3v) is 7.26. The molecule has 3 rings (SSSR count). The molecule has 2 aromatic rings. The van der Waals surface area contributed by atoms with Crippen molar-refractivity contribution in [3.63, 3.8) is 0 Å². The van der Waals surface area contributed by atoms with Crippen LogP contribution in [0.2, 0.25) is 0 Å². The number of sulfonamides is 1.